The maximum Gasteiger partial charge on any atom is 0.155 e. The average molecular weight is 367 g/mol. The summed E-state index contributed by atoms with van der Waals surface area (Å²) in [6.07, 6.45) is 9.58. The first-order valence-corrected chi connectivity index (χ1v) is 9.44. The monoisotopic (exact) mass is 367 g/mol. The summed E-state index contributed by atoms with van der Waals surface area (Å²) < 4.78 is 9.37. The van der Waals surface area contributed by atoms with Crippen molar-refractivity contribution in [3.8, 4) is 5.75 Å². The maximum absolute atomic E-state index is 10.5. The molecule has 0 bridgehead atoms. The quantitative estimate of drug-likeness (QED) is 0.725. The molecule has 2 atom stereocenters. The molecule has 2 heterocycles. The summed E-state index contributed by atoms with van der Waals surface area (Å²) in [5, 5.41) is 15.3. The molecular formula is C20H25N5O2. The summed E-state index contributed by atoms with van der Waals surface area (Å²) in [6.45, 7) is 0.585. The van der Waals surface area contributed by atoms with E-state index >= 15 is 0 Å². The Morgan fingerprint density at radius 2 is 2.07 bits per heavy atom. The highest BCUT2D eigenvalue weighted by Crippen LogP contribution is 2.30. The van der Waals surface area contributed by atoms with Crippen LogP contribution in [0.15, 0.2) is 43.0 Å². The summed E-state index contributed by atoms with van der Waals surface area (Å²) >= 11 is 0. The minimum atomic E-state index is -0.374. The molecule has 0 saturated heterocycles. The summed E-state index contributed by atoms with van der Waals surface area (Å²) in [7, 11) is 1.67. The fourth-order valence-electron chi connectivity index (χ4n) is 3.79. The predicted octanol–water partition coefficient (Wildman–Crippen LogP) is 2.60. The molecule has 1 aromatic carbocycles. The number of para-hydroxylation sites is 1. The lowest BCUT2D eigenvalue weighted by atomic mass is 9.93. The van der Waals surface area contributed by atoms with Crippen molar-refractivity contribution in [1.82, 2.24) is 24.3 Å². The van der Waals surface area contributed by atoms with Crippen molar-refractivity contribution >= 4 is 0 Å². The van der Waals surface area contributed by atoms with Crippen LogP contribution in [0.3, 0.4) is 0 Å². The Hall–Kier alpha value is -2.67. The zero-order chi connectivity index (χ0) is 18.6. The van der Waals surface area contributed by atoms with E-state index in [1.807, 2.05) is 39.7 Å². The Bertz CT molecular complexity index is 874. The van der Waals surface area contributed by atoms with Gasteiger partial charge in [0.2, 0.25) is 0 Å². The SMILES string of the molecule is COc1ccccc1Cc1nc(Cn2ccnc2)n([C@@H]2CCCC[C@H]2O)n1. The van der Waals surface area contributed by atoms with Crippen LogP contribution in [-0.2, 0) is 13.0 Å². The Labute approximate surface area is 158 Å². The van der Waals surface area contributed by atoms with Crippen LogP contribution >= 0.6 is 0 Å². The molecule has 0 radical (unpaired) electrons. The fourth-order valence-corrected chi connectivity index (χ4v) is 3.79. The van der Waals surface area contributed by atoms with Crippen molar-refractivity contribution in [2.24, 2.45) is 0 Å². The third kappa shape index (κ3) is 3.88. The van der Waals surface area contributed by atoms with Crippen LogP contribution in [0.2, 0.25) is 0 Å². The average Bonchev–Trinajstić information content (AvgIpc) is 3.33. The molecule has 142 valence electrons. The first kappa shape index (κ1) is 17.7. The van der Waals surface area contributed by atoms with E-state index in [9.17, 15) is 5.11 Å². The molecule has 1 saturated carbocycles. The summed E-state index contributed by atoms with van der Waals surface area (Å²) in [5.74, 6) is 2.43. The van der Waals surface area contributed by atoms with Crippen LogP contribution in [-0.4, -0.2) is 42.6 Å². The van der Waals surface area contributed by atoms with Gasteiger partial charge in [-0.05, 0) is 18.9 Å². The Morgan fingerprint density at radius 3 is 2.85 bits per heavy atom. The number of nitrogens with zero attached hydrogens (tertiary/aromatic N) is 5. The second kappa shape index (κ2) is 7.92. The Morgan fingerprint density at radius 1 is 1.22 bits per heavy atom. The van der Waals surface area contributed by atoms with Gasteiger partial charge in [0, 0.05) is 24.4 Å². The highest BCUT2D eigenvalue weighted by Gasteiger charge is 2.28. The van der Waals surface area contributed by atoms with Gasteiger partial charge < -0.3 is 14.4 Å². The highest BCUT2D eigenvalue weighted by molar-refractivity contribution is 5.35. The fraction of sp³-hybridized carbons (Fsp3) is 0.450. The van der Waals surface area contributed by atoms with Crippen LogP contribution in [0.4, 0.5) is 0 Å². The number of hydrogen-bond acceptors (Lipinski definition) is 5. The smallest absolute Gasteiger partial charge is 0.155 e. The van der Waals surface area contributed by atoms with Crippen LogP contribution in [0.25, 0.3) is 0 Å². The van der Waals surface area contributed by atoms with E-state index < -0.39 is 0 Å². The number of aliphatic hydroxyl groups excluding tert-OH is 1. The van der Waals surface area contributed by atoms with Crippen LogP contribution in [0, 0.1) is 0 Å². The second-order valence-corrected chi connectivity index (χ2v) is 7.03. The third-order valence-electron chi connectivity index (χ3n) is 5.18. The molecule has 0 spiro atoms. The van der Waals surface area contributed by atoms with Crippen LogP contribution < -0.4 is 4.74 Å². The second-order valence-electron chi connectivity index (χ2n) is 7.03. The molecule has 1 N–H and O–H groups in total. The van der Waals surface area contributed by atoms with Gasteiger partial charge in [-0.2, -0.15) is 5.10 Å². The van der Waals surface area contributed by atoms with Crippen LogP contribution in [0.5, 0.6) is 5.75 Å². The van der Waals surface area contributed by atoms with Crippen LogP contribution in [0.1, 0.15) is 48.9 Å². The Balaban J connectivity index is 1.66. The molecule has 0 unspecified atom stereocenters. The van der Waals surface area contributed by atoms with Crippen molar-refractivity contribution in [3.63, 3.8) is 0 Å². The van der Waals surface area contributed by atoms with Crippen molar-refractivity contribution in [3.05, 3.63) is 60.2 Å². The van der Waals surface area contributed by atoms with Gasteiger partial charge >= 0.3 is 0 Å². The van der Waals surface area contributed by atoms with E-state index in [-0.39, 0.29) is 12.1 Å². The van der Waals surface area contributed by atoms with Gasteiger partial charge in [-0.25, -0.2) is 14.6 Å². The Kier molecular flexibility index (Phi) is 5.20. The first-order chi connectivity index (χ1) is 13.2. The van der Waals surface area contributed by atoms with E-state index in [0.717, 1.165) is 48.6 Å². The number of hydrogen-bond donors (Lipinski definition) is 1. The molecule has 3 aromatic rings. The number of methoxy groups -OCH3 is 1. The standard InChI is InChI=1S/C20H25N5O2/c1-27-18-9-5-2-6-15(18)12-19-22-20(13-24-11-10-21-14-24)25(23-19)16-7-3-4-8-17(16)26/h2,5-6,9-11,14,16-17,26H,3-4,7-8,12-13H2,1H3/t16-,17-/m1/s1. The number of ether oxygens (including phenoxy) is 1. The maximum atomic E-state index is 10.5. The minimum Gasteiger partial charge on any atom is -0.496 e. The highest BCUT2D eigenvalue weighted by atomic mass is 16.5. The van der Waals surface area contributed by atoms with E-state index in [1.165, 1.54) is 0 Å². The predicted molar refractivity (Wildman–Crippen MR) is 101 cm³/mol. The van der Waals surface area contributed by atoms with Gasteiger partial charge in [-0.1, -0.05) is 31.0 Å². The molecule has 0 amide bonds. The topological polar surface area (TPSA) is 78.0 Å². The molecule has 7 heteroatoms. The molecule has 0 aliphatic heterocycles. The molecule has 27 heavy (non-hydrogen) atoms. The third-order valence-corrected chi connectivity index (χ3v) is 5.18. The summed E-state index contributed by atoms with van der Waals surface area (Å²) in [5.41, 5.74) is 1.05. The van der Waals surface area contributed by atoms with Gasteiger partial charge in [0.1, 0.15) is 11.6 Å². The lowest BCUT2D eigenvalue weighted by molar-refractivity contribution is 0.0674. The number of rotatable bonds is 6. The van der Waals surface area contributed by atoms with Crippen molar-refractivity contribution < 1.29 is 9.84 Å². The lowest BCUT2D eigenvalue weighted by Crippen LogP contribution is -2.30. The molecule has 4 rings (SSSR count). The minimum absolute atomic E-state index is 0.0174. The van der Waals surface area contributed by atoms with Crippen molar-refractivity contribution in [2.75, 3.05) is 7.11 Å². The molecule has 1 aliphatic rings. The zero-order valence-corrected chi connectivity index (χ0v) is 15.5. The van der Waals surface area contributed by atoms with Crippen molar-refractivity contribution in [1.29, 1.82) is 0 Å². The van der Waals surface area contributed by atoms with Gasteiger partial charge in [0.15, 0.2) is 5.82 Å². The number of aromatic nitrogens is 5. The zero-order valence-electron chi connectivity index (χ0n) is 15.5. The number of benzene rings is 1. The molecule has 2 aromatic heterocycles. The first-order valence-electron chi connectivity index (χ1n) is 9.44. The van der Waals surface area contributed by atoms with Gasteiger partial charge in [0.05, 0.1) is 32.1 Å². The molecule has 1 fully saturated rings. The van der Waals surface area contributed by atoms with E-state index in [2.05, 4.69) is 4.98 Å². The van der Waals surface area contributed by atoms with Gasteiger partial charge in [-0.15, -0.1) is 0 Å². The number of imidazole rings is 1. The van der Waals surface area contributed by atoms with E-state index in [0.29, 0.717) is 13.0 Å². The van der Waals surface area contributed by atoms with Gasteiger partial charge in [0.25, 0.3) is 0 Å². The van der Waals surface area contributed by atoms with E-state index in [4.69, 9.17) is 14.8 Å². The normalized spacial score (nSPS) is 19.9. The molecule has 7 nitrogen and oxygen atoms in total. The van der Waals surface area contributed by atoms with Gasteiger partial charge in [-0.3, -0.25) is 0 Å². The largest absolute Gasteiger partial charge is 0.496 e. The molecule has 1 aliphatic carbocycles. The molecular weight excluding hydrogens is 342 g/mol. The lowest BCUT2D eigenvalue weighted by Gasteiger charge is -2.28. The van der Waals surface area contributed by atoms with Crippen molar-refractivity contribution in [2.45, 2.75) is 50.8 Å². The summed E-state index contributed by atoms with van der Waals surface area (Å²) in [6, 6.07) is 7.91. The summed E-state index contributed by atoms with van der Waals surface area (Å²) in [4.78, 5) is 8.91. The number of aliphatic hydroxyl groups is 1. The van der Waals surface area contributed by atoms with E-state index in [1.54, 1.807) is 19.6 Å².